The zero-order valence-electron chi connectivity index (χ0n) is 13.6. The second-order valence-electron chi connectivity index (χ2n) is 6.12. The summed E-state index contributed by atoms with van der Waals surface area (Å²) in [5.41, 5.74) is 1.04. The molecule has 2 atom stereocenters. The monoisotopic (exact) mass is 333 g/mol. The number of thiazole rings is 1. The molecule has 2 heterocycles. The molecular formula is C17H23N3O2S. The Balaban J connectivity index is 1.51. The van der Waals surface area contributed by atoms with E-state index in [9.17, 15) is 4.79 Å². The van der Waals surface area contributed by atoms with E-state index in [0.29, 0.717) is 32.3 Å². The number of para-hydroxylation sites is 1. The average Bonchev–Trinajstić information content (AvgIpc) is 2.99. The van der Waals surface area contributed by atoms with Gasteiger partial charge in [0.05, 0.1) is 35.0 Å². The molecule has 0 aliphatic carbocycles. The van der Waals surface area contributed by atoms with Crippen LogP contribution in [0.1, 0.15) is 24.8 Å². The van der Waals surface area contributed by atoms with Gasteiger partial charge >= 0.3 is 0 Å². The van der Waals surface area contributed by atoms with Crippen molar-refractivity contribution in [3.63, 3.8) is 0 Å². The Morgan fingerprint density at radius 3 is 3.13 bits per heavy atom. The molecule has 0 saturated carbocycles. The molecule has 1 amide bonds. The number of aromatic nitrogens is 1. The van der Waals surface area contributed by atoms with Crippen LogP contribution in [-0.2, 0) is 9.53 Å². The lowest BCUT2D eigenvalue weighted by Crippen LogP contribution is -2.48. The first-order chi connectivity index (χ1) is 11.1. The van der Waals surface area contributed by atoms with Crippen molar-refractivity contribution >= 4 is 27.5 Å². The van der Waals surface area contributed by atoms with Crippen molar-refractivity contribution in [2.75, 3.05) is 32.8 Å². The van der Waals surface area contributed by atoms with Crippen LogP contribution in [0.5, 0.6) is 0 Å². The van der Waals surface area contributed by atoms with Crippen molar-refractivity contribution < 1.29 is 9.53 Å². The lowest BCUT2D eigenvalue weighted by molar-refractivity contribution is -0.124. The Labute approximate surface area is 140 Å². The van der Waals surface area contributed by atoms with Gasteiger partial charge in [-0.3, -0.25) is 9.69 Å². The number of benzene rings is 1. The molecule has 0 unspecified atom stereocenters. The Bertz CT molecular complexity index is 640. The number of carbonyl (C=O) groups is 1. The second-order valence-corrected chi connectivity index (χ2v) is 7.18. The van der Waals surface area contributed by atoms with Gasteiger partial charge in [-0.2, -0.15) is 0 Å². The molecule has 1 aromatic carbocycles. The van der Waals surface area contributed by atoms with Crippen molar-refractivity contribution in [3.8, 4) is 0 Å². The molecule has 3 rings (SSSR count). The van der Waals surface area contributed by atoms with E-state index in [0.717, 1.165) is 17.1 Å². The van der Waals surface area contributed by atoms with Crippen LogP contribution in [0.15, 0.2) is 24.3 Å². The highest BCUT2D eigenvalue weighted by molar-refractivity contribution is 7.18. The lowest BCUT2D eigenvalue weighted by Gasteiger charge is -2.32. The van der Waals surface area contributed by atoms with Gasteiger partial charge < -0.3 is 10.1 Å². The fraction of sp³-hybridized carbons (Fsp3) is 0.529. The van der Waals surface area contributed by atoms with Gasteiger partial charge in [0.1, 0.15) is 0 Å². The molecule has 1 aliphatic heterocycles. The second kappa shape index (κ2) is 7.38. The number of amides is 1. The highest BCUT2D eigenvalue weighted by Gasteiger charge is 2.21. The summed E-state index contributed by atoms with van der Waals surface area (Å²) in [6, 6.07) is 8.44. The molecule has 1 fully saturated rings. The predicted molar refractivity (Wildman–Crippen MR) is 92.9 cm³/mol. The first-order valence-corrected chi connectivity index (χ1v) is 8.89. The molecule has 0 spiro atoms. The number of nitrogens with one attached hydrogen (secondary N) is 1. The maximum absolute atomic E-state index is 12.2. The number of hydrogen-bond acceptors (Lipinski definition) is 5. The molecule has 1 saturated heterocycles. The molecule has 6 heteroatoms. The van der Waals surface area contributed by atoms with Gasteiger partial charge in [-0.1, -0.05) is 19.1 Å². The van der Waals surface area contributed by atoms with Crippen molar-refractivity contribution in [3.05, 3.63) is 29.3 Å². The number of carbonyl (C=O) groups excluding carboxylic acids is 1. The summed E-state index contributed by atoms with van der Waals surface area (Å²) in [6.45, 7) is 7.50. The van der Waals surface area contributed by atoms with E-state index in [1.54, 1.807) is 11.3 Å². The van der Waals surface area contributed by atoms with E-state index in [2.05, 4.69) is 35.1 Å². The first kappa shape index (κ1) is 16.4. The minimum absolute atomic E-state index is 0.0757. The van der Waals surface area contributed by atoms with E-state index in [1.807, 2.05) is 18.2 Å². The van der Waals surface area contributed by atoms with Crippen molar-refractivity contribution in [2.45, 2.75) is 25.8 Å². The Hall–Kier alpha value is -1.50. The normalized spacial score (nSPS) is 20.5. The topological polar surface area (TPSA) is 54.5 Å². The summed E-state index contributed by atoms with van der Waals surface area (Å²) >= 11 is 1.70. The number of ether oxygens (including phenoxy) is 1. The Morgan fingerprint density at radius 1 is 1.52 bits per heavy atom. The summed E-state index contributed by atoms with van der Waals surface area (Å²) in [6.07, 6.45) is 0. The SMILES string of the molecule is C[C@H](CNC(=O)CN1CCOC[C@H]1C)c1nc2ccccc2s1. The van der Waals surface area contributed by atoms with Gasteiger partial charge in [-0.25, -0.2) is 4.98 Å². The third-order valence-electron chi connectivity index (χ3n) is 4.19. The summed E-state index contributed by atoms with van der Waals surface area (Å²) in [5, 5.41) is 4.11. The van der Waals surface area contributed by atoms with Crippen LogP contribution < -0.4 is 5.32 Å². The van der Waals surface area contributed by atoms with Gasteiger partial charge in [0.25, 0.3) is 0 Å². The van der Waals surface area contributed by atoms with Crippen molar-refractivity contribution in [2.24, 2.45) is 0 Å². The fourth-order valence-electron chi connectivity index (χ4n) is 2.69. The number of fused-ring (bicyclic) bond motifs is 1. The number of rotatable bonds is 5. The molecule has 5 nitrogen and oxygen atoms in total. The number of nitrogens with zero attached hydrogens (tertiary/aromatic N) is 2. The summed E-state index contributed by atoms with van der Waals surface area (Å²) < 4.78 is 6.60. The van der Waals surface area contributed by atoms with E-state index in [1.165, 1.54) is 4.70 Å². The molecule has 0 bridgehead atoms. The van der Waals surface area contributed by atoms with Crippen LogP contribution in [0, 0.1) is 0 Å². The van der Waals surface area contributed by atoms with Gasteiger partial charge in [0, 0.05) is 25.0 Å². The minimum atomic E-state index is 0.0757. The highest BCUT2D eigenvalue weighted by atomic mass is 32.1. The Kier molecular flexibility index (Phi) is 5.25. The van der Waals surface area contributed by atoms with Crippen molar-refractivity contribution in [1.82, 2.24) is 15.2 Å². The van der Waals surface area contributed by atoms with Crippen LogP contribution in [0.3, 0.4) is 0 Å². The molecule has 23 heavy (non-hydrogen) atoms. The van der Waals surface area contributed by atoms with Gasteiger partial charge in [-0.05, 0) is 19.1 Å². The fourth-order valence-corrected chi connectivity index (χ4v) is 3.71. The average molecular weight is 333 g/mol. The van der Waals surface area contributed by atoms with Gasteiger partial charge in [0.15, 0.2) is 0 Å². The van der Waals surface area contributed by atoms with E-state index in [4.69, 9.17) is 4.74 Å². The minimum Gasteiger partial charge on any atom is -0.379 e. The zero-order valence-corrected chi connectivity index (χ0v) is 14.4. The van der Waals surface area contributed by atoms with Crippen molar-refractivity contribution in [1.29, 1.82) is 0 Å². The van der Waals surface area contributed by atoms with Crippen LogP contribution >= 0.6 is 11.3 Å². The smallest absolute Gasteiger partial charge is 0.234 e. The molecule has 1 aromatic heterocycles. The lowest BCUT2D eigenvalue weighted by atomic mass is 10.2. The van der Waals surface area contributed by atoms with E-state index < -0.39 is 0 Å². The third-order valence-corrected chi connectivity index (χ3v) is 5.46. The molecule has 2 aromatic rings. The number of morpholine rings is 1. The van der Waals surface area contributed by atoms with Crippen LogP contribution in [0.2, 0.25) is 0 Å². The van der Waals surface area contributed by atoms with E-state index >= 15 is 0 Å². The van der Waals surface area contributed by atoms with Crippen LogP contribution in [-0.4, -0.2) is 54.7 Å². The van der Waals surface area contributed by atoms with Crippen LogP contribution in [0.4, 0.5) is 0 Å². The molecule has 124 valence electrons. The van der Waals surface area contributed by atoms with Crippen LogP contribution in [0.25, 0.3) is 10.2 Å². The molecule has 1 aliphatic rings. The van der Waals surface area contributed by atoms with Gasteiger partial charge in [-0.15, -0.1) is 11.3 Å². The summed E-state index contributed by atoms with van der Waals surface area (Å²) in [4.78, 5) is 19.0. The summed E-state index contributed by atoms with van der Waals surface area (Å²) in [7, 11) is 0. The highest BCUT2D eigenvalue weighted by Crippen LogP contribution is 2.26. The third kappa shape index (κ3) is 4.07. The predicted octanol–water partition coefficient (Wildman–Crippen LogP) is 2.24. The molecule has 0 radical (unpaired) electrons. The Morgan fingerprint density at radius 2 is 2.35 bits per heavy atom. The first-order valence-electron chi connectivity index (χ1n) is 8.07. The molecular weight excluding hydrogens is 310 g/mol. The largest absolute Gasteiger partial charge is 0.379 e. The quantitative estimate of drug-likeness (QED) is 0.912. The molecule has 1 N–H and O–H groups in total. The number of hydrogen-bond donors (Lipinski definition) is 1. The maximum atomic E-state index is 12.2. The standard InChI is InChI=1S/C17H23N3O2S/c1-12(17-19-14-5-3-4-6-15(14)23-17)9-18-16(21)10-20-7-8-22-11-13(20)2/h3-6,12-13H,7-11H2,1-2H3,(H,18,21)/t12-,13-/m1/s1. The zero-order chi connectivity index (χ0) is 16.2. The maximum Gasteiger partial charge on any atom is 0.234 e. The van der Waals surface area contributed by atoms with Gasteiger partial charge in [0.2, 0.25) is 5.91 Å². The summed E-state index contributed by atoms with van der Waals surface area (Å²) in [5.74, 6) is 0.296. The van der Waals surface area contributed by atoms with E-state index in [-0.39, 0.29) is 11.8 Å².